The first kappa shape index (κ1) is 15.8. The SMILES string of the molecule is CNC(=O)C1CCCCN1c1cc(C)c(F)cc1[C@H](C)O. The van der Waals surface area contributed by atoms with E-state index in [1.807, 2.05) is 4.90 Å². The number of carbonyl (C=O) groups excluding carboxylic acids is 1. The summed E-state index contributed by atoms with van der Waals surface area (Å²) in [6, 6.07) is 2.86. The van der Waals surface area contributed by atoms with Gasteiger partial charge in [-0.2, -0.15) is 0 Å². The van der Waals surface area contributed by atoms with E-state index in [1.165, 1.54) is 6.07 Å². The van der Waals surface area contributed by atoms with Crippen LogP contribution in [0.1, 0.15) is 43.4 Å². The van der Waals surface area contributed by atoms with Gasteiger partial charge in [-0.25, -0.2) is 4.39 Å². The minimum Gasteiger partial charge on any atom is -0.389 e. The lowest BCUT2D eigenvalue weighted by Crippen LogP contribution is -2.49. The van der Waals surface area contributed by atoms with Crippen molar-refractivity contribution in [2.75, 3.05) is 18.5 Å². The summed E-state index contributed by atoms with van der Waals surface area (Å²) in [6.07, 6.45) is 1.99. The molecule has 116 valence electrons. The monoisotopic (exact) mass is 294 g/mol. The number of benzene rings is 1. The number of amides is 1. The van der Waals surface area contributed by atoms with Crippen LogP contribution in [0.15, 0.2) is 12.1 Å². The summed E-state index contributed by atoms with van der Waals surface area (Å²) in [7, 11) is 1.63. The van der Waals surface area contributed by atoms with E-state index in [4.69, 9.17) is 0 Å². The molecule has 1 unspecified atom stereocenters. The molecule has 21 heavy (non-hydrogen) atoms. The molecule has 2 rings (SSSR count). The molecular weight excluding hydrogens is 271 g/mol. The molecule has 0 bridgehead atoms. The summed E-state index contributed by atoms with van der Waals surface area (Å²) in [4.78, 5) is 14.1. The molecule has 1 amide bonds. The maximum atomic E-state index is 13.8. The van der Waals surface area contributed by atoms with E-state index in [1.54, 1.807) is 27.0 Å². The smallest absolute Gasteiger partial charge is 0.242 e. The fourth-order valence-corrected chi connectivity index (χ4v) is 2.92. The van der Waals surface area contributed by atoms with Crippen LogP contribution in [-0.2, 0) is 4.79 Å². The third kappa shape index (κ3) is 3.18. The van der Waals surface area contributed by atoms with Crippen LogP contribution >= 0.6 is 0 Å². The van der Waals surface area contributed by atoms with Gasteiger partial charge in [-0.05, 0) is 50.8 Å². The average molecular weight is 294 g/mol. The lowest BCUT2D eigenvalue weighted by Gasteiger charge is -2.38. The molecular formula is C16H23FN2O2. The van der Waals surface area contributed by atoms with Gasteiger partial charge in [-0.15, -0.1) is 0 Å². The molecule has 0 aliphatic carbocycles. The van der Waals surface area contributed by atoms with E-state index in [0.717, 1.165) is 31.5 Å². The predicted molar refractivity (Wildman–Crippen MR) is 80.8 cm³/mol. The standard InChI is InChI=1S/C16H23FN2O2/c1-10-8-15(12(11(2)20)9-13(10)17)19-7-5-4-6-14(19)16(21)18-3/h8-9,11,14,20H,4-7H2,1-3H3,(H,18,21)/t11-,14?/m0/s1. The molecule has 0 radical (unpaired) electrons. The second-order valence-electron chi connectivity index (χ2n) is 5.66. The fourth-order valence-electron chi connectivity index (χ4n) is 2.92. The van der Waals surface area contributed by atoms with Crippen molar-refractivity contribution in [3.05, 3.63) is 29.1 Å². The summed E-state index contributed by atoms with van der Waals surface area (Å²) in [5.74, 6) is -0.364. The topological polar surface area (TPSA) is 52.6 Å². The molecule has 1 fully saturated rings. The normalized spacial score (nSPS) is 20.2. The van der Waals surface area contributed by atoms with E-state index in [2.05, 4.69) is 5.32 Å². The van der Waals surface area contributed by atoms with E-state index >= 15 is 0 Å². The number of anilines is 1. The molecule has 1 aliphatic heterocycles. The first-order chi connectivity index (χ1) is 9.95. The highest BCUT2D eigenvalue weighted by Crippen LogP contribution is 2.33. The van der Waals surface area contributed by atoms with Crippen LogP contribution in [0.5, 0.6) is 0 Å². The molecule has 2 N–H and O–H groups in total. The van der Waals surface area contributed by atoms with Gasteiger partial charge in [0.2, 0.25) is 5.91 Å². The summed E-state index contributed by atoms with van der Waals surface area (Å²) in [5.41, 5.74) is 1.82. The van der Waals surface area contributed by atoms with E-state index in [9.17, 15) is 14.3 Å². The van der Waals surface area contributed by atoms with Crippen LogP contribution in [0.4, 0.5) is 10.1 Å². The molecule has 0 spiro atoms. The van der Waals surface area contributed by atoms with Crippen LogP contribution < -0.4 is 10.2 Å². The molecule has 5 heteroatoms. The van der Waals surface area contributed by atoms with Crippen molar-refractivity contribution >= 4 is 11.6 Å². The number of hydrogen-bond donors (Lipinski definition) is 2. The first-order valence-electron chi connectivity index (χ1n) is 7.42. The van der Waals surface area contributed by atoms with Gasteiger partial charge in [0.05, 0.1) is 6.10 Å². The maximum Gasteiger partial charge on any atom is 0.242 e. The minimum atomic E-state index is -0.776. The number of piperidine rings is 1. The molecule has 1 heterocycles. The second kappa shape index (κ2) is 6.43. The third-order valence-corrected chi connectivity index (χ3v) is 4.12. The average Bonchev–Trinajstić information content (AvgIpc) is 2.48. The Morgan fingerprint density at radius 2 is 2.19 bits per heavy atom. The van der Waals surface area contributed by atoms with Crippen LogP contribution in [0.2, 0.25) is 0 Å². The Kier molecular flexibility index (Phi) is 4.83. The summed E-state index contributed by atoms with van der Waals surface area (Å²) in [6.45, 7) is 4.05. The van der Waals surface area contributed by atoms with Crippen molar-refractivity contribution in [2.24, 2.45) is 0 Å². The Balaban J connectivity index is 2.47. The van der Waals surface area contributed by atoms with Crippen LogP contribution in [-0.4, -0.2) is 30.6 Å². The number of nitrogens with one attached hydrogen (secondary N) is 1. The number of nitrogens with zero attached hydrogens (tertiary/aromatic N) is 1. The van der Waals surface area contributed by atoms with Gasteiger partial charge in [-0.1, -0.05) is 0 Å². The molecule has 0 aromatic heterocycles. The molecule has 2 atom stereocenters. The zero-order chi connectivity index (χ0) is 15.6. The Labute approximate surface area is 125 Å². The predicted octanol–water partition coefficient (Wildman–Crippen LogP) is 2.29. The van der Waals surface area contributed by atoms with Gasteiger partial charge in [0, 0.05) is 24.8 Å². The molecule has 1 aromatic carbocycles. The molecule has 1 aromatic rings. The number of carbonyl (C=O) groups is 1. The van der Waals surface area contributed by atoms with Crippen LogP contribution in [0, 0.1) is 12.7 Å². The lowest BCUT2D eigenvalue weighted by molar-refractivity contribution is -0.122. The Morgan fingerprint density at radius 1 is 1.48 bits per heavy atom. The van der Waals surface area contributed by atoms with Gasteiger partial charge in [0.25, 0.3) is 0 Å². The van der Waals surface area contributed by atoms with Crippen molar-refractivity contribution in [3.8, 4) is 0 Å². The fraction of sp³-hybridized carbons (Fsp3) is 0.562. The second-order valence-corrected chi connectivity index (χ2v) is 5.66. The van der Waals surface area contributed by atoms with Gasteiger partial charge >= 0.3 is 0 Å². The number of aryl methyl sites for hydroxylation is 1. The first-order valence-corrected chi connectivity index (χ1v) is 7.42. The van der Waals surface area contributed by atoms with Gasteiger partial charge in [0.1, 0.15) is 11.9 Å². The highest BCUT2D eigenvalue weighted by Gasteiger charge is 2.30. The highest BCUT2D eigenvalue weighted by atomic mass is 19.1. The molecule has 0 saturated carbocycles. The number of aliphatic hydroxyl groups is 1. The number of hydrogen-bond acceptors (Lipinski definition) is 3. The number of rotatable bonds is 3. The van der Waals surface area contributed by atoms with Crippen molar-refractivity contribution in [1.82, 2.24) is 5.32 Å². The van der Waals surface area contributed by atoms with Crippen molar-refractivity contribution in [3.63, 3.8) is 0 Å². The lowest BCUT2D eigenvalue weighted by atomic mass is 9.96. The molecule has 1 aliphatic rings. The minimum absolute atomic E-state index is 0.0341. The van der Waals surface area contributed by atoms with Gasteiger partial charge in [-0.3, -0.25) is 4.79 Å². The Bertz CT molecular complexity index is 531. The van der Waals surface area contributed by atoms with Crippen LogP contribution in [0.3, 0.4) is 0 Å². The largest absolute Gasteiger partial charge is 0.389 e. The Hall–Kier alpha value is -1.62. The maximum absolute atomic E-state index is 13.8. The van der Waals surface area contributed by atoms with Crippen molar-refractivity contribution in [1.29, 1.82) is 0 Å². The zero-order valence-electron chi connectivity index (χ0n) is 12.8. The summed E-state index contributed by atoms with van der Waals surface area (Å²) in [5, 5.41) is 12.6. The third-order valence-electron chi connectivity index (χ3n) is 4.12. The van der Waals surface area contributed by atoms with Gasteiger partial charge < -0.3 is 15.3 Å². The van der Waals surface area contributed by atoms with E-state index in [0.29, 0.717) is 11.1 Å². The summed E-state index contributed by atoms with van der Waals surface area (Å²) < 4.78 is 13.8. The highest BCUT2D eigenvalue weighted by molar-refractivity contribution is 5.85. The van der Waals surface area contributed by atoms with Crippen molar-refractivity contribution in [2.45, 2.75) is 45.3 Å². The quantitative estimate of drug-likeness (QED) is 0.899. The van der Waals surface area contributed by atoms with Crippen LogP contribution in [0.25, 0.3) is 0 Å². The molecule has 1 saturated heterocycles. The molecule has 4 nitrogen and oxygen atoms in total. The number of likely N-dealkylation sites (N-methyl/N-ethyl adjacent to an activating group) is 1. The zero-order valence-corrected chi connectivity index (χ0v) is 12.8. The number of aliphatic hydroxyl groups excluding tert-OH is 1. The van der Waals surface area contributed by atoms with Crippen molar-refractivity contribution < 1.29 is 14.3 Å². The van der Waals surface area contributed by atoms with E-state index < -0.39 is 6.10 Å². The number of halogens is 1. The van der Waals surface area contributed by atoms with Gasteiger partial charge in [0.15, 0.2) is 0 Å². The Morgan fingerprint density at radius 3 is 2.81 bits per heavy atom. The summed E-state index contributed by atoms with van der Waals surface area (Å²) >= 11 is 0. The van der Waals surface area contributed by atoms with E-state index in [-0.39, 0.29) is 17.8 Å².